The third kappa shape index (κ3) is 4.34. The van der Waals surface area contributed by atoms with E-state index in [2.05, 4.69) is 36.1 Å². The quantitative estimate of drug-likeness (QED) is 0.438. The Morgan fingerprint density at radius 2 is 1.44 bits per heavy atom. The molecule has 0 aliphatic rings. The van der Waals surface area contributed by atoms with Crippen LogP contribution in [0.3, 0.4) is 0 Å². The van der Waals surface area contributed by atoms with E-state index in [1.54, 1.807) is 13.8 Å². The van der Waals surface area contributed by atoms with E-state index in [1.165, 1.54) is 31.0 Å². The molecule has 2 N–H and O–H groups in total. The van der Waals surface area contributed by atoms with E-state index in [4.69, 9.17) is 24.7 Å². The van der Waals surface area contributed by atoms with Crippen molar-refractivity contribution in [3.8, 4) is 23.5 Å². The van der Waals surface area contributed by atoms with Crippen LogP contribution in [0.4, 0.5) is 5.82 Å². The Kier molecular flexibility index (Phi) is 6.92. The molecule has 14 heteroatoms. The number of hydrogen-bond acceptors (Lipinski definition) is 11. The minimum atomic E-state index is -0.664. The van der Waals surface area contributed by atoms with Crippen molar-refractivity contribution in [2.75, 3.05) is 33.2 Å². The number of nitrogens with zero attached hydrogens (tertiary/aromatic N) is 6. The first-order valence-electron chi connectivity index (χ1n) is 9.30. The van der Waals surface area contributed by atoms with Crippen molar-refractivity contribution < 1.29 is 28.5 Å². The lowest BCUT2D eigenvalue weighted by molar-refractivity contribution is 0.0506. The molecule has 0 unspecified atom stereocenters. The average molecular weight is 510 g/mol. The molecule has 0 saturated heterocycles. The van der Waals surface area contributed by atoms with Crippen LogP contribution in [0.15, 0.2) is 16.6 Å². The zero-order valence-corrected chi connectivity index (χ0v) is 19.2. The van der Waals surface area contributed by atoms with Crippen molar-refractivity contribution in [3.05, 3.63) is 28.0 Å². The van der Waals surface area contributed by atoms with Gasteiger partial charge in [0.15, 0.2) is 17.2 Å². The third-order valence-electron chi connectivity index (χ3n) is 4.00. The Morgan fingerprint density at radius 1 is 0.938 bits per heavy atom. The van der Waals surface area contributed by atoms with Crippen LogP contribution in [-0.4, -0.2) is 68.9 Å². The molecule has 0 bridgehead atoms. The fourth-order valence-electron chi connectivity index (χ4n) is 2.61. The largest absolute Gasteiger partial charge is 0.480 e. The van der Waals surface area contributed by atoms with Gasteiger partial charge in [0.25, 0.3) is 5.95 Å². The number of nitrogens with two attached hydrogens (primary N) is 1. The number of carbonyl (C=O) groups is 2. The second kappa shape index (κ2) is 9.64. The molecule has 0 radical (unpaired) electrons. The third-order valence-corrected chi connectivity index (χ3v) is 4.76. The van der Waals surface area contributed by atoms with Crippen molar-refractivity contribution in [3.63, 3.8) is 0 Å². The number of esters is 2. The van der Waals surface area contributed by atoms with E-state index in [0.717, 1.165) is 4.68 Å². The topological polar surface area (TPSA) is 158 Å². The number of ether oxygens (including phenoxy) is 4. The standard InChI is InChI=1S/C18H20BrN7O6/c1-5-31-16(27)9-7-11(29-3)23-25(9)15-13(19)14(20)21-18(22-15)26-10(17(28)32-6-2)8-12(24-26)30-4/h7-8H,5-6H2,1-4H3,(H2,20,21,22). The Hall–Kier alpha value is -3.68. The van der Waals surface area contributed by atoms with Crippen LogP contribution < -0.4 is 15.2 Å². The number of aromatic nitrogens is 6. The number of halogens is 1. The van der Waals surface area contributed by atoms with Gasteiger partial charge in [0.1, 0.15) is 10.3 Å². The maximum absolute atomic E-state index is 12.5. The SMILES string of the molecule is CCOC(=O)c1cc(OC)nn1-c1nc(N)c(Br)c(-n2nc(OC)cc2C(=O)OCC)n1. The summed E-state index contributed by atoms with van der Waals surface area (Å²) in [5.41, 5.74) is 6.12. The minimum Gasteiger partial charge on any atom is -0.480 e. The van der Waals surface area contributed by atoms with Crippen LogP contribution in [0.1, 0.15) is 34.8 Å². The number of anilines is 1. The number of rotatable bonds is 8. The summed E-state index contributed by atoms with van der Waals surface area (Å²) in [6, 6.07) is 2.77. The van der Waals surface area contributed by atoms with Crippen molar-refractivity contribution in [1.29, 1.82) is 0 Å². The van der Waals surface area contributed by atoms with Crippen molar-refractivity contribution >= 4 is 33.7 Å². The highest BCUT2D eigenvalue weighted by Crippen LogP contribution is 2.28. The summed E-state index contributed by atoms with van der Waals surface area (Å²) >= 11 is 3.32. The molecule has 0 fully saturated rings. The van der Waals surface area contributed by atoms with Gasteiger partial charge in [-0.25, -0.2) is 14.3 Å². The molecule has 0 spiro atoms. The van der Waals surface area contributed by atoms with Crippen LogP contribution in [-0.2, 0) is 9.47 Å². The molecular weight excluding hydrogens is 490 g/mol. The number of methoxy groups -OCH3 is 2. The van der Waals surface area contributed by atoms with E-state index >= 15 is 0 Å². The highest BCUT2D eigenvalue weighted by molar-refractivity contribution is 9.10. The van der Waals surface area contributed by atoms with Crippen LogP contribution >= 0.6 is 15.9 Å². The molecule has 0 aromatic carbocycles. The van der Waals surface area contributed by atoms with Crippen molar-refractivity contribution in [2.45, 2.75) is 13.8 Å². The molecule has 0 saturated carbocycles. The summed E-state index contributed by atoms with van der Waals surface area (Å²) in [7, 11) is 2.80. The normalized spacial score (nSPS) is 10.7. The second-order valence-corrected chi connectivity index (χ2v) is 6.75. The Morgan fingerprint density at radius 3 is 1.94 bits per heavy atom. The number of nitrogen functional groups attached to an aromatic ring is 1. The van der Waals surface area contributed by atoms with Gasteiger partial charge < -0.3 is 24.7 Å². The first-order valence-corrected chi connectivity index (χ1v) is 10.1. The van der Waals surface area contributed by atoms with Crippen LogP contribution in [0.25, 0.3) is 11.8 Å². The molecule has 32 heavy (non-hydrogen) atoms. The zero-order chi connectivity index (χ0) is 23.4. The Balaban J connectivity index is 2.22. The van der Waals surface area contributed by atoms with Gasteiger partial charge in [0.2, 0.25) is 11.8 Å². The van der Waals surface area contributed by atoms with Gasteiger partial charge in [-0.2, -0.15) is 14.6 Å². The minimum absolute atomic E-state index is 0.00134. The predicted octanol–water partition coefficient (Wildman–Crippen LogP) is 1.56. The van der Waals surface area contributed by atoms with Gasteiger partial charge in [-0.1, -0.05) is 0 Å². The molecule has 3 aromatic heterocycles. The first-order chi connectivity index (χ1) is 15.3. The molecule has 0 amide bonds. The van der Waals surface area contributed by atoms with Gasteiger partial charge in [0, 0.05) is 12.1 Å². The molecular formula is C18H20BrN7O6. The van der Waals surface area contributed by atoms with E-state index in [-0.39, 0.29) is 58.4 Å². The summed E-state index contributed by atoms with van der Waals surface area (Å²) in [6.07, 6.45) is 0. The lowest BCUT2D eigenvalue weighted by Crippen LogP contribution is -2.18. The highest BCUT2D eigenvalue weighted by atomic mass is 79.9. The van der Waals surface area contributed by atoms with Crippen LogP contribution in [0.2, 0.25) is 0 Å². The van der Waals surface area contributed by atoms with Gasteiger partial charge in [-0.15, -0.1) is 10.2 Å². The number of carbonyl (C=O) groups excluding carboxylic acids is 2. The van der Waals surface area contributed by atoms with E-state index in [1.807, 2.05) is 0 Å². The smallest absolute Gasteiger partial charge is 0.357 e. The molecule has 170 valence electrons. The monoisotopic (exact) mass is 509 g/mol. The van der Waals surface area contributed by atoms with E-state index in [0.29, 0.717) is 0 Å². The maximum Gasteiger partial charge on any atom is 0.357 e. The predicted molar refractivity (Wildman–Crippen MR) is 113 cm³/mol. The fraction of sp³-hybridized carbons (Fsp3) is 0.333. The summed E-state index contributed by atoms with van der Waals surface area (Å²) in [4.78, 5) is 33.5. The molecule has 13 nitrogen and oxygen atoms in total. The van der Waals surface area contributed by atoms with E-state index in [9.17, 15) is 9.59 Å². The lowest BCUT2D eigenvalue weighted by Gasteiger charge is -2.12. The second-order valence-electron chi connectivity index (χ2n) is 5.95. The van der Waals surface area contributed by atoms with Crippen LogP contribution in [0.5, 0.6) is 11.8 Å². The molecule has 3 heterocycles. The number of hydrogen-bond donors (Lipinski definition) is 1. The van der Waals surface area contributed by atoms with E-state index < -0.39 is 11.9 Å². The Labute approximate surface area is 190 Å². The summed E-state index contributed by atoms with van der Waals surface area (Å²) in [5.74, 6) is -1.04. The van der Waals surface area contributed by atoms with Gasteiger partial charge in [-0.3, -0.25) is 0 Å². The molecule has 0 aliphatic heterocycles. The first kappa shape index (κ1) is 23.0. The van der Waals surface area contributed by atoms with Gasteiger partial charge >= 0.3 is 11.9 Å². The average Bonchev–Trinajstić information content (AvgIpc) is 3.40. The lowest BCUT2D eigenvalue weighted by atomic mass is 10.4. The molecule has 3 aromatic rings. The Bertz CT molecular complexity index is 1160. The van der Waals surface area contributed by atoms with Crippen molar-refractivity contribution in [1.82, 2.24) is 29.5 Å². The summed E-state index contributed by atoms with van der Waals surface area (Å²) in [6.45, 7) is 3.65. The molecule has 3 rings (SSSR count). The highest BCUT2D eigenvalue weighted by Gasteiger charge is 2.25. The van der Waals surface area contributed by atoms with Gasteiger partial charge in [-0.05, 0) is 29.8 Å². The molecule has 0 atom stereocenters. The fourth-order valence-corrected chi connectivity index (χ4v) is 2.95. The van der Waals surface area contributed by atoms with Gasteiger partial charge in [0.05, 0.1) is 27.4 Å². The van der Waals surface area contributed by atoms with Crippen LogP contribution in [0, 0.1) is 0 Å². The molecule has 0 aliphatic carbocycles. The van der Waals surface area contributed by atoms with Crippen molar-refractivity contribution in [2.24, 2.45) is 0 Å². The summed E-state index contributed by atoms with van der Waals surface area (Å²) < 4.78 is 23.0. The maximum atomic E-state index is 12.5. The summed E-state index contributed by atoms with van der Waals surface area (Å²) in [5, 5.41) is 8.39. The zero-order valence-electron chi connectivity index (χ0n) is 17.7.